The van der Waals surface area contributed by atoms with Crippen molar-refractivity contribution >= 4 is 22.5 Å². The van der Waals surface area contributed by atoms with Gasteiger partial charge in [-0.3, -0.25) is 9.25 Å². The van der Waals surface area contributed by atoms with Crippen LogP contribution >= 0.6 is 0 Å². The maximum atomic E-state index is 14.7. The lowest BCUT2D eigenvalue weighted by Gasteiger charge is -2.29. The third-order valence-corrected chi connectivity index (χ3v) is 6.05. The van der Waals surface area contributed by atoms with Gasteiger partial charge in [0.2, 0.25) is 5.95 Å². The fraction of sp³-hybridized carbons (Fsp3) is 0.304. The Labute approximate surface area is 184 Å². The Morgan fingerprint density at radius 2 is 2.19 bits per heavy atom. The molecule has 1 aliphatic rings. The van der Waals surface area contributed by atoms with Crippen molar-refractivity contribution in [1.29, 1.82) is 5.26 Å². The third kappa shape index (κ3) is 3.48. The van der Waals surface area contributed by atoms with Gasteiger partial charge in [-0.05, 0) is 50.6 Å². The summed E-state index contributed by atoms with van der Waals surface area (Å²) in [6, 6.07) is 9.63. The van der Waals surface area contributed by atoms with Gasteiger partial charge in [0.15, 0.2) is 11.6 Å². The van der Waals surface area contributed by atoms with Crippen LogP contribution in [0.15, 0.2) is 42.9 Å². The molecule has 2 N–H and O–H groups in total. The minimum absolute atomic E-state index is 0.115. The number of aryl methyl sites for hydroxylation is 1. The Balaban J connectivity index is 1.48. The maximum absolute atomic E-state index is 14.7. The van der Waals surface area contributed by atoms with E-state index >= 15 is 0 Å². The van der Waals surface area contributed by atoms with Gasteiger partial charge in [-0.2, -0.15) is 15.3 Å². The second-order valence-electron chi connectivity index (χ2n) is 8.17. The summed E-state index contributed by atoms with van der Waals surface area (Å²) in [6.07, 6.45) is 5.85. The number of hydrogen-bond donors (Lipinski definition) is 2. The fourth-order valence-corrected chi connectivity index (χ4v) is 4.33. The van der Waals surface area contributed by atoms with Crippen LogP contribution in [0.4, 0.5) is 16.0 Å². The lowest BCUT2D eigenvalue weighted by Crippen LogP contribution is -2.36. The molecule has 5 rings (SSSR count). The zero-order valence-corrected chi connectivity index (χ0v) is 17.9. The lowest BCUT2D eigenvalue weighted by molar-refractivity contribution is 0.255. The largest absolute Gasteiger partial charge is 0.321 e. The average Bonchev–Trinajstić information content (AvgIpc) is 3.39. The summed E-state index contributed by atoms with van der Waals surface area (Å²) < 4.78 is 18.3. The molecule has 1 unspecified atom stereocenters. The van der Waals surface area contributed by atoms with E-state index in [-0.39, 0.29) is 11.8 Å². The molecule has 162 valence electrons. The fourth-order valence-electron chi connectivity index (χ4n) is 4.33. The molecule has 32 heavy (non-hydrogen) atoms. The number of halogens is 1. The molecule has 1 aliphatic heterocycles. The monoisotopic (exact) mass is 430 g/mol. The molecule has 0 aliphatic carbocycles. The zero-order chi connectivity index (χ0) is 22.2. The van der Waals surface area contributed by atoms with Gasteiger partial charge in [0, 0.05) is 17.8 Å². The number of anilines is 2. The number of benzene rings is 1. The molecule has 1 fully saturated rings. The summed E-state index contributed by atoms with van der Waals surface area (Å²) in [6.45, 7) is 6.09. The smallest absolute Gasteiger partial charge is 0.229 e. The van der Waals surface area contributed by atoms with Crippen LogP contribution in [0.25, 0.3) is 16.7 Å². The minimum Gasteiger partial charge on any atom is -0.321 e. The van der Waals surface area contributed by atoms with Gasteiger partial charge in [0.25, 0.3) is 0 Å². The first kappa shape index (κ1) is 20.2. The van der Waals surface area contributed by atoms with Crippen LogP contribution < -0.4 is 10.6 Å². The molecule has 0 spiro atoms. The summed E-state index contributed by atoms with van der Waals surface area (Å²) in [7, 11) is 0. The predicted molar refractivity (Wildman–Crippen MR) is 119 cm³/mol. The highest BCUT2D eigenvalue weighted by Crippen LogP contribution is 2.28. The molecule has 0 radical (unpaired) electrons. The number of rotatable bonds is 4. The molecule has 4 aromatic rings. The van der Waals surface area contributed by atoms with E-state index in [2.05, 4.69) is 33.6 Å². The summed E-state index contributed by atoms with van der Waals surface area (Å²) in [5.41, 5.74) is 2.86. The van der Waals surface area contributed by atoms with Gasteiger partial charge in [0.1, 0.15) is 0 Å². The van der Waals surface area contributed by atoms with Gasteiger partial charge in [0.05, 0.1) is 40.8 Å². The Hall–Kier alpha value is -3.77. The van der Waals surface area contributed by atoms with Gasteiger partial charge < -0.3 is 10.6 Å². The van der Waals surface area contributed by atoms with E-state index in [1.165, 1.54) is 0 Å². The second kappa shape index (κ2) is 8.05. The predicted octanol–water partition coefficient (Wildman–Crippen LogP) is 3.85. The number of fused-ring (bicyclic) bond motifs is 1. The van der Waals surface area contributed by atoms with E-state index in [1.54, 1.807) is 29.0 Å². The van der Waals surface area contributed by atoms with Crippen molar-refractivity contribution in [3.63, 3.8) is 0 Å². The summed E-state index contributed by atoms with van der Waals surface area (Å²) in [5, 5.41) is 21.4. The number of piperidine rings is 1. The average molecular weight is 430 g/mol. The van der Waals surface area contributed by atoms with Crippen LogP contribution in [0.3, 0.4) is 0 Å². The number of aromatic nitrogens is 5. The van der Waals surface area contributed by atoms with Crippen LogP contribution in [0, 0.1) is 30.0 Å². The molecule has 1 aromatic carbocycles. The molecule has 0 saturated carbocycles. The van der Waals surface area contributed by atoms with E-state index in [0.717, 1.165) is 42.5 Å². The van der Waals surface area contributed by atoms with Crippen molar-refractivity contribution in [2.24, 2.45) is 5.92 Å². The molecule has 8 nitrogen and oxygen atoms in total. The van der Waals surface area contributed by atoms with E-state index in [1.807, 2.05) is 23.9 Å². The molecule has 3 aromatic heterocycles. The van der Waals surface area contributed by atoms with Crippen molar-refractivity contribution in [1.82, 2.24) is 29.6 Å². The highest BCUT2D eigenvalue weighted by Gasteiger charge is 2.24. The van der Waals surface area contributed by atoms with E-state index in [0.29, 0.717) is 23.0 Å². The third-order valence-electron chi connectivity index (χ3n) is 6.05. The van der Waals surface area contributed by atoms with Gasteiger partial charge in [-0.1, -0.05) is 13.0 Å². The Morgan fingerprint density at radius 3 is 3.00 bits per heavy atom. The summed E-state index contributed by atoms with van der Waals surface area (Å²) in [5.74, 6) is 0.321. The van der Waals surface area contributed by atoms with Crippen LogP contribution in [-0.2, 0) is 0 Å². The van der Waals surface area contributed by atoms with Crippen LogP contribution in [-0.4, -0.2) is 37.4 Å². The highest BCUT2D eigenvalue weighted by atomic mass is 19.1. The Kier molecular flexibility index (Phi) is 5.07. The summed E-state index contributed by atoms with van der Waals surface area (Å²) in [4.78, 5) is 8.56. The molecule has 2 atom stereocenters. The van der Waals surface area contributed by atoms with Crippen molar-refractivity contribution in [2.75, 3.05) is 18.4 Å². The lowest BCUT2D eigenvalue weighted by atomic mass is 9.96. The van der Waals surface area contributed by atoms with E-state index in [4.69, 9.17) is 5.10 Å². The molecule has 0 amide bonds. The Morgan fingerprint density at radius 1 is 1.31 bits per heavy atom. The number of hydrogen-bond acceptors (Lipinski definition) is 6. The Bertz CT molecular complexity index is 1330. The standard InChI is InChI=1S/C23H23FN8/c1-14-11-26-8-6-20(14)32-13-19(15(2)30-32)28-23-27-12-18(24)22(29-23)31-9-7-17-16(10-25)4-3-5-21(17)31/h3-5,7,9,12-14,20,26H,6,8,11H2,1-2H3,(H,27,28,29)/t14?,20-/m0/s1. The van der Waals surface area contributed by atoms with Crippen LogP contribution in [0.2, 0.25) is 0 Å². The topological polar surface area (TPSA) is 96.4 Å². The van der Waals surface area contributed by atoms with Crippen molar-refractivity contribution in [3.05, 3.63) is 59.9 Å². The van der Waals surface area contributed by atoms with Crippen LogP contribution in [0.1, 0.15) is 30.6 Å². The highest BCUT2D eigenvalue weighted by molar-refractivity contribution is 5.87. The van der Waals surface area contributed by atoms with Crippen molar-refractivity contribution in [3.8, 4) is 11.9 Å². The van der Waals surface area contributed by atoms with E-state index < -0.39 is 5.82 Å². The number of nitrogens with zero attached hydrogens (tertiary/aromatic N) is 6. The zero-order valence-electron chi connectivity index (χ0n) is 17.9. The van der Waals surface area contributed by atoms with Gasteiger partial charge in [-0.25, -0.2) is 9.37 Å². The normalized spacial score (nSPS) is 18.6. The molecular weight excluding hydrogens is 407 g/mol. The molecule has 1 saturated heterocycles. The van der Waals surface area contributed by atoms with Crippen molar-refractivity contribution < 1.29 is 4.39 Å². The molecular formula is C23H23FN8. The maximum Gasteiger partial charge on any atom is 0.229 e. The molecule has 0 bridgehead atoms. The number of nitriles is 1. The van der Waals surface area contributed by atoms with Gasteiger partial charge in [-0.15, -0.1) is 0 Å². The first-order valence-corrected chi connectivity index (χ1v) is 10.6. The minimum atomic E-state index is -0.550. The molecule has 4 heterocycles. The SMILES string of the molecule is Cc1nn([C@H]2CCNCC2C)cc1Nc1ncc(F)c(-n2ccc3c(C#N)cccc32)n1. The first-order chi connectivity index (χ1) is 15.5. The second-order valence-corrected chi connectivity index (χ2v) is 8.17. The first-order valence-electron chi connectivity index (χ1n) is 10.6. The molecule has 9 heteroatoms. The quantitative estimate of drug-likeness (QED) is 0.511. The number of nitrogens with one attached hydrogen (secondary N) is 2. The summed E-state index contributed by atoms with van der Waals surface area (Å²) >= 11 is 0. The van der Waals surface area contributed by atoms with E-state index in [9.17, 15) is 9.65 Å². The van der Waals surface area contributed by atoms with Crippen LogP contribution in [0.5, 0.6) is 0 Å². The van der Waals surface area contributed by atoms with Gasteiger partial charge >= 0.3 is 0 Å². The van der Waals surface area contributed by atoms with Crippen molar-refractivity contribution in [2.45, 2.75) is 26.3 Å².